The Kier molecular flexibility index (Phi) is 4.80. The van der Waals surface area contributed by atoms with Gasteiger partial charge >= 0.3 is 6.03 Å². The van der Waals surface area contributed by atoms with Crippen molar-refractivity contribution in [3.8, 4) is 0 Å². The van der Waals surface area contributed by atoms with Gasteiger partial charge in [-0.25, -0.2) is 4.79 Å². The first-order chi connectivity index (χ1) is 11.9. The van der Waals surface area contributed by atoms with Crippen molar-refractivity contribution in [1.29, 1.82) is 0 Å². The van der Waals surface area contributed by atoms with Crippen molar-refractivity contribution in [3.05, 3.63) is 23.7 Å². The van der Waals surface area contributed by atoms with E-state index in [0.717, 1.165) is 40.7 Å². The molecule has 1 aliphatic heterocycles. The Morgan fingerprint density at radius 3 is 2.68 bits per heavy atom. The topological polar surface area (TPSA) is 96.1 Å². The maximum atomic E-state index is 12.6. The molecule has 1 saturated heterocycles. The van der Waals surface area contributed by atoms with Crippen molar-refractivity contribution in [2.75, 3.05) is 13.6 Å². The van der Waals surface area contributed by atoms with E-state index in [1.54, 1.807) is 0 Å². The van der Waals surface area contributed by atoms with Crippen molar-refractivity contribution < 1.29 is 23.7 Å². The van der Waals surface area contributed by atoms with Gasteiger partial charge in [-0.3, -0.25) is 15.0 Å². The number of hydrazine groups is 1. The summed E-state index contributed by atoms with van der Waals surface area (Å²) in [5.74, 6) is 0.894. The van der Waals surface area contributed by atoms with Crippen molar-refractivity contribution in [3.63, 3.8) is 0 Å². The highest BCUT2D eigenvalue weighted by atomic mass is 16.3. The maximum absolute atomic E-state index is 12.6. The quantitative estimate of drug-likeness (QED) is 0.646. The van der Waals surface area contributed by atoms with E-state index in [4.69, 9.17) is 4.42 Å². The summed E-state index contributed by atoms with van der Waals surface area (Å²) in [6, 6.07) is 3.21. The van der Waals surface area contributed by atoms with E-state index >= 15 is 0 Å². The Balaban J connectivity index is 1.55. The van der Waals surface area contributed by atoms with Crippen LogP contribution in [-0.4, -0.2) is 42.0 Å². The average Bonchev–Trinajstić information content (AvgIpc) is 3.05. The Labute approximate surface area is 146 Å². The number of aryl methyl sites for hydroxylation is 1. The van der Waals surface area contributed by atoms with Crippen LogP contribution in [0.3, 0.4) is 0 Å². The lowest BCUT2D eigenvalue weighted by Gasteiger charge is -2.30. The molecule has 1 saturated carbocycles. The third kappa shape index (κ3) is 3.68. The maximum Gasteiger partial charge on any atom is 0.344 e. The van der Waals surface area contributed by atoms with Crippen LogP contribution < -0.4 is 15.6 Å². The molecule has 8 nitrogen and oxygen atoms in total. The van der Waals surface area contributed by atoms with Crippen LogP contribution in [0.4, 0.5) is 4.79 Å². The number of hydrogen-bond donors (Lipinski definition) is 3. The Morgan fingerprint density at radius 2 is 2.04 bits per heavy atom. The number of hydrogen-bond acceptors (Lipinski definition) is 4. The first kappa shape index (κ1) is 17.5. The highest BCUT2D eigenvalue weighted by molar-refractivity contribution is 6.08. The summed E-state index contributed by atoms with van der Waals surface area (Å²) in [6.07, 6.45) is 4.14. The summed E-state index contributed by atoms with van der Waals surface area (Å²) in [4.78, 5) is 37.9. The lowest BCUT2D eigenvalue weighted by atomic mass is 9.82. The number of carbonyl (C=O) groups excluding carboxylic acids is 3. The lowest BCUT2D eigenvalue weighted by molar-refractivity contribution is -0.886. The van der Waals surface area contributed by atoms with Crippen LogP contribution in [-0.2, 0) is 16.1 Å². The highest BCUT2D eigenvalue weighted by Gasteiger charge is 2.52. The van der Waals surface area contributed by atoms with Gasteiger partial charge in [0.05, 0.1) is 7.05 Å². The van der Waals surface area contributed by atoms with Gasteiger partial charge in [0.15, 0.2) is 12.3 Å². The van der Waals surface area contributed by atoms with Gasteiger partial charge < -0.3 is 14.6 Å². The second-order valence-electron chi connectivity index (χ2n) is 7.07. The second kappa shape index (κ2) is 6.87. The van der Waals surface area contributed by atoms with Gasteiger partial charge in [0.1, 0.15) is 17.8 Å². The lowest BCUT2D eigenvalue weighted by Crippen LogP contribution is -3.09. The molecule has 1 aromatic rings. The zero-order chi connectivity index (χ0) is 18.0. The van der Waals surface area contributed by atoms with Crippen molar-refractivity contribution in [1.82, 2.24) is 15.8 Å². The molecule has 25 heavy (non-hydrogen) atoms. The molecule has 8 heteroatoms. The summed E-state index contributed by atoms with van der Waals surface area (Å²) in [6.45, 7) is 2.54. The van der Waals surface area contributed by atoms with Crippen LogP contribution in [0.1, 0.15) is 43.6 Å². The number of nitrogens with one attached hydrogen (secondary N) is 3. The monoisotopic (exact) mass is 349 g/mol. The molecule has 0 bridgehead atoms. The Bertz CT molecular complexity index is 678. The van der Waals surface area contributed by atoms with Crippen molar-refractivity contribution >= 4 is 17.8 Å². The average molecular weight is 349 g/mol. The number of carbonyl (C=O) groups is 3. The van der Waals surface area contributed by atoms with Crippen LogP contribution >= 0.6 is 0 Å². The third-order valence-corrected chi connectivity index (χ3v) is 4.84. The molecule has 0 radical (unpaired) electrons. The van der Waals surface area contributed by atoms with E-state index in [9.17, 15) is 14.4 Å². The first-order valence-corrected chi connectivity index (χ1v) is 8.72. The van der Waals surface area contributed by atoms with Crippen molar-refractivity contribution in [2.45, 2.75) is 51.1 Å². The van der Waals surface area contributed by atoms with Gasteiger partial charge in [-0.15, -0.1) is 0 Å². The van der Waals surface area contributed by atoms with E-state index in [1.807, 2.05) is 26.1 Å². The Hall–Kier alpha value is -2.35. The molecule has 4 amide bonds. The molecule has 1 atom stereocenters. The SMILES string of the molecule is Cc1ccc(C[NH+](C)CC(=O)NN2C(=O)NC3(CCCCC3)C2=O)o1. The summed E-state index contributed by atoms with van der Waals surface area (Å²) in [5, 5.41) is 3.62. The number of rotatable bonds is 5. The van der Waals surface area contributed by atoms with Gasteiger partial charge in [0.2, 0.25) is 0 Å². The van der Waals surface area contributed by atoms with E-state index in [2.05, 4.69) is 10.7 Å². The molecule has 2 fully saturated rings. The fourth-order valence-corrected chi connectivity index (χ4v) is 3.59. The van der Waals surface area contributed by atoms with Crippen LogP contribution in [0.25, 0.3) is 0 Å². The normalized spacial score (nSPS) is 20.6. The fourth-order valence-electron chi connectivity index (χ4n) is 3.59. The molecular weight excluding hydrogens is 324 g/mol. The zero-order valence-corrected chi connectivity index (χ0v) is 14.7. The molecule has 1 aromatic heterocycles. The van der Waals surface area contributed by atoms with Gasteiger partial charge in [-0.2, -0.15) is 5.01 Å². The van der Waals surface area contributed by atoms with Crippen LogP contribution in [0.5, 0.6) is 0 Å². The van der Waals surface area contributed by atoms with Crippen LogP contribution in [0.15, 0.2) is 16.5 Å². The number of amides is 4. The number of furan rings is 1. The van der Waals surface area contributed by atoms with E-state index < -0.39 is 11.6 Å². The number of nitrogens with zero attached hydrogens (tertiary/aromatic N) is 1. The summed E-state index contributed by atoms with van der Waals surface area (Å²) >= 11 is 0. The molecule has 3 N–H and O–H groups in total. The smallest absolute Gasteiger partial charge is 0.344 e. The zero-order valence-electron chi connectivity index (χ0n) is 14.7. The minimum Gasteiger partial charge on any atom is -0.460 e. The van der Waals surface area contributed by atoms with E-state index in [1.165, 1.54) is 0 Å². The largest absolute Gasteiger partial charge is 0.460 e. The number of likely N-dealkylation sites (N-methyl/N-ethyl adjacent to an activating group) is 1. The molecule has 0 aromatic carbocycles. The van der Waals surface area contributed by atoms with Gasteiger partial charge in [-0.1, -0.05) is 19.3 Å². The number of imide groups is 1. The van der Waals surface area contributed by atoms with E-state index in [-0.39, 0.29) is 18.4 Å². The Morgan fingerprint density at radius 1 is 1.32 bits per heavy atom. The summed E-state index contributed by atoms with van der Waals surface area (Å²) < 4.78 is 5.50. The summed E-state index contributed by atoms with van der Waals surface area (Å²) in [7, 11) is 1.85. The number of quaternary nitrogens is 1. The molecular formula is C17H25N4O4+. The molecule has 2 heterocycles. The van der Waals surface area contributed by atoms with Crippen LogP contribution in [0, 0.1) is 6.92 Å². The standard InChI is InChI=1S/C17H24N4O4/c1-12-6-7-13(25-12)10-20(2)11-14(22)19-21-15(23)17(18-16(21)24)8-4-3-5-9-17/h6-7H,3-5,8-11H2,1-2H3,(H,18,24)(H,19,22)/p+1. The predicted octanol–water partition coefficient (Wildman–Crippen LogP) is -0.111. The molecule has 3 rings (SSSR count). The highest BCUT2D eigenvalue weighted by Crippen LogP contribution is 2.32. The molecule has 1 aliphatic carbocycles. The molecule has 1 unspecified atom stereocenters. The molecule has 2 aliphatic rings. The van der Waals surface area contributed by atoms with Crippen LogP contribution in [0.2, 0.25) is 0 Å². The predicted molar refractivity (Wildman–Crippen MR) is 88.2 cm³/mol. The minimum atomic E-state index is -0.826. The third-order valence-electron chi connectivity index (χ3n) is 4.84. The number of urea groups is 1. The minimum absolute atomic E-state index is 0.129. The summed E-state index contributed by atoms with van der Waals surface area (Å²) in [5.41, 5.74) is 1.63. The van der Waals surface area contributed by atoms with E-state index in [0.29, 0.717) is 19.4 Å². The van der Waals surface area contributed by atoms with Gasteiger partial charge in [0, 0.05) is 0 Å². The fraction of sp³-hybridized carbons (Fsp3) is 0.588. The first-order valence-electron chi connectivity index (χ1n) is 8.72. The second-order valence-corrected chi connectivity index (χ2v) is 7.07. The van der Waals surface area contributed by atoms with Gasteiger partial charge in [0.25, 0.3) is 11.8 Å². The van der Waals surface area contributed by atoms with Gasteiger partial charge in [-0.05, 0) is 31.9 Å². The molecule has 1 spiro atoms. The van der Waals surface area contributed by atoms with Crippen molar-refractivity contribution in [2.24, 2.45) is 0 Å². The molecule has 136 valence electrons.